The fraction of sp³-hybridized carbons (Fsp3) is 0.611. The number of aliphatic imine (C=N–C) groups is 1. The maximum absolute atomic E-state index is 11.7. The Bertz CT molecular complexity index is 708. The molecule has 1 heterocycles. The number of benzene rings is 1. The second kappa shape index (κ2) is 8.67. The van der Waals surface area contributed by atoms with Crippen molar-refractivity contribution < 1.29 is 8.42 Å². The summed E-state index contributed by atoms with van der Waals surface area (Å²) in [7, 11) is 0.763. The number of piperidine rings is 1. The molecule has 0 saturated carbocycles. The monoisotopic (exact) mass is 366 g/mol. The van der Waals surface area contributed by atoms with Gasteiger partial charge in [0.2, 0.25) is 0 Å². The molecule has 1 fully saturated rings. The van der Waals surface area contributed by atoms with E-state index in [1.54, 1.807) is 13.1 Å². The summed E-state index contributed by atoms with van der Waals surface area (Å²) in [5, 5.41) is 6.70. The third-order valence-electron chi connectivity index (χ3n) is 4.72. The van der Waals surface area contributed by atoms with Crippen LogP contribution in [0.1, 0.15) is 24.0 Å². The van der Waals surface area contributed by atoms with E-state index in [-0.39, 0.29) is 0 Å². The van der Waals surface area contributed by atoms with Crippen LogP contribution >= 0.6 is 0 Å². The highest BCUT2D eigenvalue weighted by molar-refractivity contribution is 7.90. The average molecular weight is 367 g/mol. The lowest BCUT2D eigenvalue weighted by Crippen LogP contribution is -2.42. The Kier molecular flexibility index (Phi) is 6.84. The Morgan fingerprint density at radius 3 is 2.52 bits per heavy atom. The van der Waals surface area contributed by atoms with Crippen molar-refractivity contribution in [2.45, 2.75) is 31.2 Å². The van der Waals surface area contributed by atoms with Crippen molar-refractivity contribution in [3.8, 4) is 0 Å². The molecular formula is C18H30N4O2S. The van der Waals surface area contributed by atoms with Crippen molar-refractivity contribution in [1.29, 1.82) is 0 Å². The molecule has 140 valence electrons. The number of likely N-dealkylation sites (tertiary alicyclic amines) is 1. The zero-order valence-electron chi connectivity index (χ0n) is 15.7. The van der Waals surface area contributed by atoms with Gasteiger partial charge >= 0.3 is 0 Å². The minimum atomic E-state index is -3.17. The number of sulfone groups is 1. The molecule has 0 radical (unpaired) electrons. The molecule has 0 amide bonds. The summed E-state index contributed by atoms with van der Waals surface area (Å²) in [6.45, 7) is 5.68. The zero-order chi connectivity index (χ0) is 18.4. The van der Waals surface area contributed by atoms with Crippen LogP contribution in [-0.4, -0.2) is 59.3 Å². The third kappa shape index (κ3) is 6.01. The van der Waals surface area contributed by atoms with Crippen molar-refractivity contribution >= 4 is 15.8 Å². The molecule has 0 atom stereocenters. The van der Waals surface area contributed by atoms with E-state index in [0.29, 0.717) is 17.4 Å². The lowest BCUT2D eigenvalue weighted by Gasteiger charge is -2.29. The quantitative estimate of drug-likeness (QED) is 0.609. The minimum Gasteiger partial charge on any atom is -0.356 e. The standard InChI is InChI=1S/C18H30N4O2S/c1-14-11-16(5-6-17(14)25(4,23)24)13-21-18(19-2)20-12-15-7-9-22(3)10-8-15/h5-6,11,15H,7-10,12-13H2,1-4H3,(H2,19,20,21). The molecule has 6 nitrogen and oxygen atoms in total. The molecule has 25 heavy (non-hydrogen) atoms. The predicted octanol–water partition coefficient (Wildman–Crippen LogP) is 1.41. The van der Waals surface area contributed by atoms with Crippen molar-refractivity contribution in [3.63, 3.8) is 0 Å². The molecule has 1 aliphatic rings. The predicted molar refractivity (Wildman–Crippen MR) is 103 cm³/mol. The van der Waals surface area contributed by atoms with Gasteiger partial charge in [-0.1, -0.05) is 12.1 Å². The van der Waals surface area contributed by atoms with Gasteiger partial charge in [-0.15, -0.1) is 0 Å². The van der Waals surface area contributed by atoms with Crippen LogP contribution in [0.25, 0.3) is 0 Å². The van der Waals surface area contributed by atoms with Crippen LogP contribution in [0.5, 0.6) is 0 Å². The van der Waals surface area contributed by atoms with Crippen molar-refractivity contribution in [1.82, 2.24) is 15.5 Å². The number of rotatable bonds is 5. The first-order valence-corrected chi connectivity index (χ1v) is 10.6. The fourth-order valence-corrected chi connectivity index (χ4v) is 4.11. The summed E-state index contributed by atoms with van der Waals surface area (Å²) in [6.07, 6.45) is 3.67. The second-order valence-electron chi connectivity index (χ2n) is 6.93. The summed E-state index contributed by atoms with van der Waals surface area (Å²) >= 11 is 0. The highest BCUT2D eigenvalue weighted by Gasteiger charge is 2.16. The van der Waals surface area contributed by atoms with Gasteiger partial charge in [-0.2, -0.15) is 0 Å². The maximum Gasteiger partial charge on any atom is 0.191 e. The van der Waals surface area contributed by atoms with Gasteiger partial charge in [-0.05, 0) is 63.0 Å². The first kappa shape index (κ1) is 19.7. The Morgan fingerprint density at radius 2 is 1.96 bits per heavy atom. The molecular weight excluding hydrogens is 336 g/mol. The molecule has 0 bridgehead atoms. The molecule has 1 saturated heterocycles. The largest absolute Gasteiger partial charge is 0.356 e. The van der Waals surface area contributed by atoms with Gasteiger partial charge in [0, 0.05) is 26.4 Å². The molecule has 0 unspecified atom stereocenters. The van der Waals surface area contributed by atoms with E-state index in [2.05, 4.69) is 27.6 Å². The summed E-state index contributed by atoms with van der Waals surface area (Å²) in [5.74, 6) is 1.47. The van der Waals surface area contributed by atoms with E-state index in [1.165, 1.54) is 19.1 Å². The number of hydrogen-bond acceptors (Lipinski definition) is 4. The fourth-order valence-electron chi connectivity index (χ4n) is 3.15. The van der Waals surface area contributed by atoms with Crippen molar-refractivity contribution in [2.75, 3.05) is 40.0 Å². The summed E-state index contributed by atoms with van der Waals surface area (Å²) in [5.41, 5.74) is 1.81. The molecule has 7 heteroatoms. The minimum absolute atomic E-state index is 0.390. The van der Waals surface area contributed by atoms with Gasteiger partial charge in [0.25, 0.3) is 0 Å². The Morgan fingerprint density at radius 1 is 1.28 bits per heavy atom. The average Bonchev–Trinajstić information content (AvgIpc) is 2.55. The number of nitrogens with zero attached hydrogens (tertiary/aromatic N) is 2. The molecule has 0 spiro atoms. The van der Waals surface area contributed by atoms with Gasteiger partial charge in [0.05, 0.1) is 4.90 Å². The molecule has 0 aliphatic carbocycles. The van der Waals surface area contributed by atoms with E-state index in [9.17, 15) is 8.42 Å². The summed E-state index contributed by atoms with van der Waals surface area (Å²) in [4.78, 5) is 7.03. The molecule has 1 aliphatic heterocycles. The summed E-state index contributed by atoms with van der Waals surface area (Å²) < 4.78 is 23.4. The number of nitrogens with one attached hydrogen (secondary N) is 2. The smallest absolute Gasteiger partial charge is 0.191 e. The maximum atomic E-state index is 11.7. The highest BCUT2D eigenvalue weighted by Crippen LogP contribution is 2.17. The van der Waals surface area contributed by atoms with E-state index < -0.39 is 9.84 Å². The van der Waals surface area contributed by atoms with Crippen molar-refractivity contribution in [3.05, 3.63) is 29.3 Å². The van der Waals surface area contributed by atoms with Crippen LogP contribution < -0.4 is 10.6 Å². The molecule has 1 aromatic carbocycles. The van der Waals surface area contributed by atoms with Crippen LogP contribution in [-0.2, 0) is 16.4 Å². The van der Waals surface area contributed by atoms with E-state index in [4.69, 9.17) is 0 Å². The number of hydrogen-bond donors (Lipinski definition) is 2. The Hall–Kier alpha value is -1.60. The van der Waals surface area contributed by atoms with Crippen LogP contribution in [0.3, 0.4) is 0 Å². The van der Waals surface area contributed by atoms with Crippen LogP contribution in [0.4, 0.5) is 0 Å². The van der Waals surface area contributed by atoms with Crippen LogP contribution in [0.15, 0.2) is 28.1 Å². The normalized spacial score (nSPS) is 17.5. The Balaban J connectivity index is 1.85. The molecule has 2 N–H and O–H groups in total. The van der Waals surface area contributed by atoms with Gasteiger partial charge in [0.1, 0.15) is 0 Å². The first-order chi connectivity index (χ1) is 11.8. The molecule has 2 rings (SSSR count). The first-order valence-electron chi connectivity index (χ1n) is 8.72. The zero-order valence-corrected chi connectivity index (χ0v) is 16.5. The van der Waals surface area contributed by atoms with Crippen molar-refractivity contribution in [2.24, 2.45) is 10.9 Å². The lowest BCUT2D eigenvalue weighted by atomic mass is 9.97. The van der Waals surface area contributed by atoms with Gasteiger partial charge in [0.15, 0.2) is 15.8 Å². The highest BCUT2D eigenvalue weighted by atomic mass is 32.2. The molecule has 1 aromatic rings. The third-order valence-corrected chi connectivity index (χ3v) is 5.98. The van der Waals surface area contributed by atoms with Gasteiger partial charge < -0.3 is 15.5 Å². The van der Waals surface area contributed by atoms with Gasteiger partial charge in [-0.3, -0.25) is 4.99 Å². The Labute approximate surface area is 151 Å². The number of aryl methyl sites for hydroxylation is 1. The lowest BCUT2D eigenvalue weighted by molar-refractivity contribution is 0.220. The van der Waals surface area contributed by atoms with E-state index in [1.807, 2.05) is 19.1 Å². The van der Waals surface area contributed by atoms with Gasteiger partial charge in [-0.25, -0.2) is 8.42 Å². The molecule has 0 aromatic heterocycles. The van der Waals surface area contributed by atoms with E-state index >= 15 is 0 Å². The summed E-state index contributed by atoms with van der Waals surface area (Å²) in [6, 6.07) is 5.44. The topological polar surface area (TPSA) is 73.8 Å². The van der Waals surface area contributed by atoms with Crippen LogP contribution in [0.2, 0.25) is 0 Å². The SMILES string of the molecule is CN=C(NCc1ccc(S(C)(=O)=O)c(C)c1)NCC1CCN(C)CC1. The van der Waals surface area contributed by atoms with E-state index in [0.717, 1.165) is 36.7 Å². The second-order valence-corrected chi connectivity index (χ2v) is 8.91. The number of guanidine groups is 1. The van der Waals surface area contributed by atoms with Crippen LogP contribution in [0, 0.1) is 12.8 Å².